The van der Waals surface area contributed by atoms with E-state index in [4.69, 9.17) is 13.9 Å². The number of carbonyl (C=O) groups is 1. The Morgan fingerprint density at radius 1 is 1.12 bits per heavy atom. The molecular formula is C18H22N2O4. The minimum atomic E-state index is -0.212. The SMILES string of the molecule is CC(Cc1ccco1)NC(=O)NC(C)c1ccc2c(c1)OCCO2. The fraction of sp³-hybridized carbons (Fsp3) is 0.389. The van der Waals surface area contributed by atoms with Crippen LogP contribution in [-0.4, -0.2) is 25.3 Å². The molecule has 2 N–H and O–H groups in total. The van der Waals surface area contributed by atoms with Crippen molar-refractivity contribution in [2.45, 2.75) is 32.4 Å². The lowest BCUT2D eigenvalue weighted by Crippen LogP contribution is -2.42. The molecule has 0 aliphatic carbocycles. The third-order valence-electron chi connectivity index (χ3n) is 3.88. The molecule has 1 aromatic carbocycles. The zero-order valence-electron chi connectivity index (χ0n) is 13.9. The van der Waals surface area contributed by atoms with Crippen LogP contribution < -0.4 is 20.1 Å². The minimum Gasteiger partial charge on any atom is -0.486 e. The summed E-state index contributed by atoms with van der Waals surface area (Å²) in [5, 5.41) is 5.85. The number of fused-ring (bicyclic) bond motifs is 1. The van der Waals surface area contributed by atoms with E-state index in [0.29, 0.717) is 19.6 Å². The Kier molecular flexibility index (Phi) is 4.93. The molecule has 2 atom stereocenters. The lowest BCUT2D eigenvalue weighted by molar-refractivity contribution is 0.171. The molecule has 128 valence electrons. The maximum absolute atomic E-state index is 12.1. The molecule has 6 heteroatoms. The molecule has 0 bridgehead atoms. The zero-order chi connectivity index (χ0) is 16.9. The highest BCUT2D eigenvalue weighted by Gasteiger charge is 2.16. The second kappa shape index (κ2) is 7.29. The standard InChI is InChI=1S/C18H22N2O4/c1-12(10-15-4-3-7-22-15)19-18(21)20-13(2)14-5-6-16-17(11-14)24-9-8-23-16/h3-7,11-13H,8-10H2,1-2H3,(H2,19,20,21). The van der Waals surface area contributed by atoms with Crippen LogP contribution in [0.3, 0.4) is 0 Å². The topological polar surface area (TPSA) is 72.7 Å². The molecule has 1 aromatic heterocycles. The van der Waals surface area contributed by atoms with Crippen LogP contribution in [0.15, 0.2) is 41.0 Å². The lowest BCUT2D eigenvalue weighted by Gasteiger charge is -2.22. The molecule has 2 amide bonds. The molecule has 2 heterocycles. The van der Waals surface area contributed by atoms with Gasteiger partial charge in [0.25, 0.3) is 0 Å². The van der Waals surface area contributed by atoms with Crippen LogP contribution >= 0.6 is 0 Å². The maximum Gasteiger partial charge on any atom is 0.315 e. The van der Waals surface area contributed by atoms with Crippen LogP contribution in [0.4, 0.5) is 4.79 Å². The van der Waals surface area contributed by atoms with Crippen LogP contribution in [-0.2, 0) is 6.42 Å². The first-order valence-electron chi connectivity index (χ1n) is 8.11. The Morgan fingerprint density at radius 2 is 1.92 bits per heavy atom. The zero-order valence-corrected chi connectivity index (χ0v) is 13.9. The number of rotatable bonds is 5. The van der Waals surface area contributed by atoms with E-state index in [0.717, 1.165) is 22.8 Å². The number of carbonyl (C=O) groups excluding carboxylic acids is 1. The second-order valence-corrected chi connectivity index (χ2v) is 5.93. The summed E-state index contributed by atoms with van der Waals surface area (Å²) in [6, 6.07) is 9.08. The van der Waals surface area contributed by atoms with Gasteiger partial charge in [0.1, 0.15) is 19.0 Å². The van der Waals surface area contributed by atoms with E-state index in [2.05, 4.69) is 10.6 Å². The molecule has 0 radical (unpaired) electrons. The maximum atomic E-state index is 12.1. The molecule has 0 fully saturated rings. The smallest absolute Gasteiger partial charge is 0.315 e. The van der Waals surface area contributed by atoms with Crippen molar-refractivity contribution in [2.75, 3.05) is 13.2 Å². The van der Waals surface area contributed by atoms with Gasteiger partial charge in [-0.05, 0) is 43.7 Å². The van der Waals surface area contributed by atoms with E-state index in [1.807, 2.05) is 44.2 Å². The van der Waals surface area contributed by atoms with Crippen LogP contribution in [0.25, 0.3) is 0 Å². The number of amides is 2. The number of hydrogen-bond acceptors (Lipinski definition) is 4. The van der Waals surface area contributed by atoms with E-state index < -0.39 is 0 Å². The summed E-state index contributed by atoms with van der Waals surface area (Å²) in [4.78, 5) is 12.1. The Hall–Kier alpha value is -2.63. The summed E-state index contributed by atoms with van der Waals surface area (Å²) < 4.78 is 16.4. The van der Waals surface area contributed by atoms with E-state index in [-0.39, 0.29) is 18.1 Å². The van der Waals surface area contributed by atoms with Gasteiger partial charge in [-0.15, -0.1) is 0 Å². The summed E-state index contributed by atoms with van der Waals surface area (Å²) in [5.41, 5.74) is 0.966. The number of furan rings is 1. The number of nitrogens with one attached hydrogen (secondary N) is 2. The van der Waals surface area contributed by atoms with Gasteiger partial charge in [0.05, 0.1) is 12.3 Å². The molecule has 1 aliphatic heterocycles. The predicted molar refractivity (Wildman–Crippen MR) is 89.4 cm³/mol. The first-order valence-corrected chi connectivity index (χ1v) is 8.11. The molecule has 2 aromatic rings. The van der Waals surface area contributed by atoms with E-state index in [1.54, 1.807) is 6.26 Å². The van der Waals surface area contributed by atoms with E-state index in [1.165, 1.54) is 0 Å². The highest BCUT2D eigenvalue weighted by Crippen LogP contribution is 2.32. The van der Waals surface area contributed by atoms with Crippen molar-refractivity contribution in [1.82, 2.24) is 10.6 Å². The fourth-order valence-corrected chi connectivity index (χ4v) is 2.66. The molecule has 3 rings (SSSR count). The Balaban J connectivity index is 1.54. The third kappa shape index (κ3) is 4.01. The first-order chi connectivity index (χ1) is 11.6. The third-order valence-corrected chi connectivity index (χ3v) is 3.88. The highest BCUT2D eigenvalue weighted by molar-refractivity contribution is 5.74. The second-order valence-electron chi connectivity index (χ2n) is 5.93. The van der Waals surface area contributed by atoms with Gasteiger partial charge in [0, 0.05) is 12.5 Å². The first kappa shape index (κ1) is 16.2. The number of benzene rings is 1. The van der Waals surface area contributed by atoms with Gasteiger partial charge in [-0.3, -0.25) is 0 Å². The van der Waals surface area contributed by atoms with Crippen LogP contribution in [0, 0.1) is 0 Å². The minimum absolute atomic E-state index is 0.0244. The highest BCUT2D eigenvalue weighted by atomic mass is 16.6. The van der Waals surface area contributed by atoms with E-state index >= 15 is 0 Å². The van der Waals surface area contributed by atoms with Gasteiger partial charge in [0.2, 0.25) is 0 Å². The van der Waals surface area contributed by atoms with Crippen molar-refractivity contribution >= 4 is 6.03 Å². The average molecular weight is 330 g/mol. The summed E-state index contributed by atoms with van der Waals surface area (Å²) >= 11 is 0. The molecule has 1 aliphatic rings. The Bertz CT molecular complexity index is 684. The van der Waals surface area contributed by atoms with Crippen molar-refractivity contribution in [3.8, 4) is 11.5 Å². The van der Waals surface area contributed by atoms with Crippen molar-refractivity contribution in [3.63, 3.8) is 0 Å². The summed E-state index contributed by atoms with van der Waals surface area (Å²) in [7, 11) is 0. The Morgan fingerprint density at radius 3 is 2.67 bits per heavy atom. The predicted octanol–water partition coefficient (Wildman–Crippen LogP) is 3.04. The van der Waals surface area contributed by atoms with Crippen LogP contribution in [0.1, 0.15) is 31.2 Å². The van der Waals surface area contributed by atoms with Gasteiger partial charge in [-0.2, -0.15) is 0 Å². The van der Waals surface area contributed by atoms with E-state index in [9.17, 15) is 4.79 Å². The average Bonchev–Trinajstić information content (AvgIpc) is 3.06. The summed E-state index contributed by atoms with van der Waals surface area (Å²) in [6.07, 6.45) is 2.28. The van der Waals surface area contributed by atoms with Crippen molar-refractivity contribution in [3.05, 3.63) is 47.9 Å². The van der Waals surface area contributed by atoms with Crippen molar-refractivity contribution in [1.29, 1.82) is 0 Å². The molecule has 0 spiro atoms. The normalized spacial score (nSPS) is 15.4. The van der Waals surface area contributed by atoms with Crippen molar-refractivity contribution in [2.24, 2.45) is 0 Å². The number of ether oxygens (including phenoxy) is 2. The summed E-state index contributed by atoms with van der Waals surface area (Å²) in [5.74, 6) is 2.32. The Labute approximate surface area is 141 Å². The quantitative estimate of drug-likeness (QED) is 0.884. The molecule has 24 heavy (non-hydrogen) atoms. The van der Waals surface area contributed by atoms with Gasteiger partial charge in [-0.25, -0.2) is 4.79 Å². The largest absolute Gasteiger partial charge is 0.486 e. The molecule has 0 saturated heterocycles. The van der Waals surface area contributed by atoms with Gasteiger partial charge < -0.3 is 24.5 Å². The lowest BCUT2D eigenvalue weighted by atomic mass is 10.1. The van der Waals surface area contributed by atoms with Gasteiger partial charge in [-0.1, -0.05) is 6.07 Å². The van der Waals surface area contributed by atoms with Crippen LogP contribution in [0.5, 0.6) is 11.5 Å². The van der Waals surface area contributed by atoms with Crippen molar-refractivity contribution < 1.29 is 18.7 Å². The van der Waals surface area contributed by atoms with Gasteiger partial charge in [0.15, 0.2) is 11.5 Å². The molecule has 2 unspecified atom stereocenters. The van der Waals surface area contributed by atoms with Crippen LogP contribution in [0.2, 0.25) is 0 Å². The number of urea groups is 1. The summed E-state index contributed by atoms with van der Waals surface area (Å²) in [6.45, 7) is 4.98. The monoisotopic (exact) mass is 330 g/mol. The molecule has 0 saturated carbocycles. The molecular weight excluding hydrogens is 308 g/mol. The fourth-order valence-electron chi connectivity index (χ4n) is 2.66. The molecule has 6 nitrogen and oxygen atoms in total. The van der Waals surface area contributed by atoms with Gasteiger partial charge >= 0.3 is 6.03 Å². The number of hydrogen-bond donors (Lipinski definition) is 2.